The van der Waals surface area contributed by atoms with Crippen molar-refractivity contribution in [3.05, 3.63) is 64.8 Å². The van der Waals surface area contributed by atoms with Gasteiger partial charge in [0.1, 0.15) is 5.75 Å². The molecule has 0 saturated carbocycles. The van der Waals surface area contributed by atoms with Gasteiger partial charge in [-0.2, -0.15) is 0 Å². The first-order valence-electron chi connectivity index (χ1n) is 11.5. The molecule has 2 saturated heterocycles. The predicted molar refractivity (Wildman–Crippen MR) is 125 cm³/mol. The highest BCUT2D eigenvalue weighted by atomic mass is 16.5. The molecule has 3 aromatic rings. The summed E-state index contributed by atoms with van der Waals surface area (Å²) in [4.78, 5) is 19.9. The number of carboxylic acids is 1. The van der Waals surface area contributed by atoms with Crippen molar-refractivity contribution in [2.45, 2.75) is 44.8 Å². The van der Waals surface area contributed by atoms with Crippen LogP contribution in [0, 0.1) is 6.92 Å². The summed E-state index contributed by atoms with van der Waals surface area (Å²) in [5.74, 6) is 0.0502. The second-order valence-electron chi connectivity index (χ2n) is 9.12. The molecule has 1 unspecified atom stereocenters. The van der Waals surface area contributed by atoms with Gasteiger partial charge < -0.3 is 19.7 Å². The van der Waals surface area contributed by atoms with Crippen LogP contribution in [-0.2, 0) is 6.54 Å². The van der Waals surface area contributed by atoms with E-state index in [4.69, 9.17) is 4.74 Å². The molecule has 168 valence electrons. The Morgan fingerprint density at radius 1 is 1.19 bits per heavy atom. The molecule has 2 aliphatic heterocycles. The molecule has 0 bridgehead atoms. The molecule has 0 aliphatic carbocycles. The lowest BCUT2D eigenvalue weighted by Crippen LogP contribution is -2.51. The van der Waals surface area contributed by atoms with E-state index in [1.807, 2.05) is 18.3 Å². The number of H-pyrrole nitrogens is 1. The largest absolute Gasteiger partial charge is 0.496 e. The molecule has 2 fully saturated rings. The number of carboxylic acid groups (broad SMARTS) is 1. The first-order valence-corrected chi connectivity index (χ1v) is 11.5. The summed E-state index contributed by atoms with van der Waals surface area (Å²) in [5.41, 5.74) is 5.09. The fourth-order valence-electron chi connectivity index (χ4n) is 5.40. The molecule has 1 aromatic heterocycles. The summed E-state index contributed by atoms with van der Waals surface area (Å²) in [6.07, 6.45) is 5.52. The average molecular weight is 434 g/mol. The van der Waals surface area contributed by atoms with E-state index in [0.29, 0.717) is 11.6 Å². The number of nitrogens with one attached hydrogen (secondary N) is 1. The van der Waals surface area contributed by atoms with E-state index in [9.17, 15) is 9.90 Å². The number of benzene rings is 2. The molecule has 32 heavy (non-hydrogen) atoms. The number of likely N-dealkylation sites (tertiary alicyclic amines) is 2. The van der Waals surface area contributed by atoms with Gasteiger partial charge in [0.05, 0.1) is 12.7 Å². The van der Waals surface area contributed by atoms with Gasteiger partial charge in [0, 0.05) is 47.8 Å². The second kappa shape index (κ2) is 8.60. The third-order valence-electron chi connectivity index (χ3n) is 7.33. The van der Waals surface area contributed by atoms with E-state index in [2.05, 4.69) is 33.8 Å². The van der Waals surface area contributed by atoms with Crippen LogP contribution >= 0.6 is 0 Å². The summed E-state index contributed by atoms with van der Waals surface area (Å²) in [5, 5.41) is 10.5. The van der Waals surface area contributed by atoms with Gasteiger partial charge in [-0.05, 0) is 74.7 Å². The number of aryl methyl sites for hydroxylation is 1. The number of piperidine rings is 1. The number of methoxy groups -OCH3 is 1. The minimum absolute atomic E-state index is 0.247. The van der Waals surface area contributed by atoms with Crippen LogP contribution in [0.1, 0.15) is 52.4 Å². The summed E-state index contributed by atoms with van der Waals surface area (Å²) < 4.78 is 5.80. The van der Waals surface area contributed by atoms with Gasteiger partial charge >= 0.3 is 5.97 Å². The minimum Gasteiger partial charge on any atom is -0.496 e. The molecular weight excluding hydrogens is 402 g/mol. The number of aromatic carboxylic acids is 1. The van der Waals surface area contributed by atoms with E-state index in [-0.39, 0.29) is 6.04 Å². The smallest absolute Gasteiger partial charge is 0.335 e. The van der Waals surface area contributed by atoms with Crippen LogP contribution in [-0.4, -0.2) is 58.6 Å². The predicted octanol–water partition coefficient (Wildman–Crippen LogP) is 4.59. The first-order chi connectivity index (χ1) is 15.5. The van der Waals surface area contributed by atoms with E-state index in [0.717, 1.165) is 31.7 Å². The van der Waals surface area contributed by atoms with Gasteiger partial charge in [-0.1, -0.05) is 12.1 Å². The van der Waals surface area contributed by atoms with Crippen LogP contribution in [0.15, 0.2) is 42.6 Å². The summed E-state index contributed by atoms with van der Waals surface area (Å²) in [6.45, 7) is 6.32. The Morgan fingerprint density at radius 3 is 2.62 bits per heavy atom. The number of ether oxygens (including phenoxy) is 1. The van der Waals surface area contributed by atoms with E-state index >= 15 is 0 Å². The number of aromatic nitrogens is 1. The molecule has 2 aliphatic rings. The van der Waals surface area contributed by atoms with Crippen molar-refractivity contribution in [3.8, 4) is 5.75 Å². The molecule has 2 N–H and O–H groups in total. The molecule has 2 aromatic carbocycles. The third-order valence-corrected chi connectivity index (χ3v) is 7.33. The summed E-state index contributed by atoms with van der Waals surface area (Å²) >= 11 is 0. The van der Waals surface area contributed by atoms with Crippen LogP contribution in [0.5, 0.6) is 5.75 Å². The number of nitrogens with zero attached hydrogens (tertiary/aromatic N) is 2. The molecule has 5 rings (SSSR count). The maximum absolute atomic E-state index is 11.3. The van der Waals surface area contributed by atoms with Gasteiger partial charge in [-0.15, -0.1) is 0 Å². The highest BCUT2D eigenvalue weighted by Gasteiger charge is 2.35. The van der Waals surface area contributed by atoms with Gasteiger partial charge in [0.15, 0.2) is 0 Å². The fourth-order valence-corrected chi connectivity index (χ4v) is 5.40. The zero-order valence-corrected chi connectivity index (χ0v) is 18.8. The number of rotatable bonds is 6. The Bertz CT molecular complexity index is 1120. The van der Waals surface area contributed by atoms with Gasteiger partial charge in [-0.25, -0.2) is 4.79 Å². The molecule has 0 amide bonds. The molecular formula is C26H31N3O3. The minimum atomic E-state index is -0.880. The highest BCUT2D eigenvalue weighted by molar-refractivity contribution is 5.88. The van der Waals surface area contributed by atoms with Crippen LogP contribution < -0.4 is 4.74 Å². The quantitative estimate of drug-likeness (QED) is 0.595. The van der Waals surface area contributed by atoms with Crippen LogP contribution in [0.4, 0.5) is 0 Å². The number of hydrogen-bond acceptors (Lipinski definition) is 4. The van der Waals surface area contributed by atoms with Crippen LogP contribution in [0.3, 0.4) is 0 Å². The number of fused-ring (bicyclic) bond motifs is 1. The maximum Gasteiger partial charge on any atom is 0.335 e. The normalized spacial score (nSPS) is 22.1. The molecule has 0 spiro atoms. The molecule has 0 radical (unpaired) electrons. The van der Waals surface area contributed by atoms with Crippen molar-refractivity contribution in [2.75, 3.05) is 26.7 Å². The van der Waals surface area contributed by atoms with Gasteiger partial charge in [0.25, 0.3) is 0 Å². The van der Waals surface area contributed by atoms with Crippen molar-refractivity contribution in [1.82, 2.24) is 14.8 Å². The lowest BCUT2D eigenvalue weighted by molar-refractivity contribution is 0.0292. The Labute approximate surface area is 188 Å². The Balaban J connectivity index is 1.49. The molecule has 2 atom stereocenters. The maximum atomic E-state index is 11.3. The Kier molecular flexibility index (Phi) is 5.66. The molecule has 3 heterocycles. The van der Waals surface area contributed by atoms with Crippen molar-refractivity contribution >= 4 is 16.9 Å². The van der Waals surface area contributed by atoms with Crippen LogP contribution in [0.2, 0.25) is 0 Å². The topological polar surface area (TPSA) is 68.8 Å². The highest BCUT2D eigenvalue weighted by Crippen LogP contribution is 2.39. The van der Waals surface area contributed by atoms with Crippen molar-refractivity contribution in [2.24, 2.45) is 0 Å². The first kappa shape index (κ1) is 21.0. The van der Waals surface area contributed by atoms with E-state index in [1.54, 1.807) is 19.2 Å². The zero-order valence-electron chi connectivity index (χ0n) is 18.8. The summed E-state index contributed by atoms with van der Waals surface area (Å²) in [7, 11) is 1.75. The molecule has 6 heteroatoms. The lowest BCUT2D eigenvalue weighted by Gasteiger charge is -2.47. The summed E-state index contributed by atoms with van der Waals surface area (Å²) in [6, 6.07) is 12.6. The van der Waals surface area contributed by atoms with Crippen LogP contribution in [0.25, 0.3) is 10.9 Å². The number of aromatic amines is 1. The Hall–Kier alpha value is -2.83. The number of carbonyl (C=O) groups is 1. The monoisotopic (exact) mass is 433 g/mol. The SMILES string of the molecule is COc1cc(C)c2[nH]ccc2c1CN1CCC(N2CCC2)C[C@H]1c1ccc(C(=O)O)cc1. The lowest BCUT2D eigenvalue weighted by atomic mass is 9.88. The average Bonchev–Trinajstić information content (AvgIpc) is 3.26. The number of hydrogen-bond donors (Lipinski definition) is 2. The zero-order chi connectivity index (χ0) is 22.2. The van der Waals surface area contributed by atoms with Crippen molar-refractivity contribution in [3.63, 3.8) is 0 Å². The molecule has 6 nitrogen and oxygen atoms in total. The van der Waals surface area contributed by atoms with Crippen molar-refractivity contribution in [1.29, 1.82) is 0 Å². The van der Waals surface area contributed by atoms with E-state index in [1.165, 1.54) is 47.1 Å². The standard InChI is InChI=1S/C26H31N3O3/c1-17-14-24(32-2)22(21-8-10-27-25(17)21)16-29-13-9-20(28-11-3-12-28)15-23(29)18-4-6-19(7-5-18)26(30)31/h4-8,10,14,20,23,27H,3,9,11-13,15-16H2,1-2H3,(H,30,31)/t20?,23-/m0/s1. The fraction of sp³-hybridized carbons (Fsp3) is 0.423. The van der Waals surface area contributed by atoms with E-state index < -0.39 is 5.97 Å². The van der Waals surface area contributed by atoms with Gasteiger partial charge in [-0.3, -0.25) is 4.90 Å². The Morgan fingerprint density at radius 2 is 1.97 bits per heavy atom. The van der Waals surface area contributed by atoms with Crippen molar-refractivity contribution < 1.29 is 14.6 Å². The second-order valence-corrected chi connectivity index (χ2v) is 9.12. The third kappa shape index (κ3) is 3.78. The van der Waals surface area contributed by atoms with Gasteiger partial charge in [0.2, 0.25) is 0 Å².